The molecule has 0 aliphatic rings. The van der Waals surface area contributed by atoms with Crippen LogP contribution in [0.2, 0.25) is 5.02 Å². The van der Waals surface area contributed by atoms with Gasteiger partial charge >= 0.3 is 0 Å². The van der Waals surface area contributed by atoms with Gasteiger partial charge in [0.05, 0.1) is 22.3 Å². The first kappa shape index (κ1) is 20.1. The summed E-state index contributed by atoms with van der Waals surface area (Å²) in [6.07, 6.45) is 0. The minimum absolute atomic E-state index is 0.121. The largest absolute Gasteiger partial charge is 0.497 e. The third-order valence-corrected chi connectivity index (χ3v) is 7.28. The number of anilines is 1. The van der Waals surface area contributed by atoms with E-state index >= 15 is 0 Å². The van der Waals surface area contributed by atoms with Crippen LogP contribution in [0.1, 0.15) is 9.67 Å². The van der Waals surface area contributed by atoms with Crippen LogP contribution >= 0.6 is 34.3 Å². The minimum atomic E-state index is -0.121. The molecule has 2 aromatic carbocycles. The Balaban J connectivity index is 1.76. The van der Waals surface area contributed by atoms with Crippen molar-refractivity contribution in [1.29, 1.82) is 0 Å². The molecule has 0 radical (unpaired) electrons. The Morgan fingerprint density at radius 1 is 1.10 bits per heavy atom. The highest BCUT2D eigenvalue weighted by atomic mass is 35.5. The zero-order valence-electron chi connectivity index (χ0n) is 16.3. The second-order valence-electron chi connectivity index (χ2n) is 6.83. The van der Waals surface area contributed by atoms with Crippen LogP contribution in [-0.2, 0) is 0 Å². The second-order valence-corrected chi connectivity index (χ2v) is 9.27. The first-order valence-corrected chi connectivity index (χ1v) is 11.1. The number of hydrogen-bond donors (Lipinski definition) is 0. The van der Waals surface area contributed by atoms with Gasteiger partial charge in [0.25, 0.3) is 5.91 Å². The minimum Gasteiger partial charge on any atom is -0.497 e. The summed E-state index contributed by atoms with van der Waals surface area (Å²) in [5, 5.41) is 2.07. The summed E-state index contributed by atoms with van der Waals surface area (Å²) in [5.74, 6) is 0.622. The van der Waals surface area contributed by atoms with Crippen molar-refractivity contribution in [1.82, 2.24) is 9.88 Å². The quantitative estimate of drug-likeness (QED) is 0.399. The topological polar surface area (TPSA) is 45.7 Å². The van der Waals surface area contributed by atoms with E-state index in [-0.39, 0.29) is 5.91 Å². The van der Waals surface area contributed by atoms with E-state index in [9.17, 15) is 4.79 Å². The van der Waals surface area contributed by atoms with Gasteiger partial charge in [-0.15, -0.1) is 11.3 Å². The van der Waals surface area contributed by atoms with Crippen molar-refractivity contribution < 1.29 is 9.53 Å². The average molecular weight is 446 g/mol. The number of thiophene rings is 1. The molecule has 8 heteroatoms. The molecule has 0 saturated carbocycles. The molecule has 0 bridgehead atoms. The normalized spacial score (nSPS) is 11.5. The highest BCUT2D eigenvalue weighted by Gasteiger charge is 2.26. The standard InChI is InChI=1S/C21H20ClN3O2S2/c1-24(2)10-11-25(21-23-15-12-13(27-3)8-9-17(15)29-21)20(26)19-18(22)14-6-4-5-7-16(14)28-19/h4-9,12H,10-11H2,1-3H3. The fourth-order valence-electron chi connectivity index (χ4n) is 3.00. The van der Waals surface area contributed by atoms with E-state index in [0.717, 1.165) is 26.1 Å². The number of nitrogens with zero attached hydrogens (tertiary/aromatic N) is 3. The highest BCUT2D eigenvalue weighted by molar-refractivity contribution is 7.23. The highest BCUT2D eigenvalue weighted by Crippen LogP contribution is 2.38. The Morgan fingerprint density at radius 2 is 1.90 bits per heavy atom. The average Bonchev–Trinajstić information content (AvgIpc) is 3.28. The predicted molar refractivity (Wildman–Crippen MR) is 123 cm³/mol. The van der Waals surface area contributed by atoms with Crippen LogP contribution in [0.4, 0.5) is 5.13 Å². The van der Waals surface area contributed by atoms with Crippen molar-refractivity contribution in [2.75, 3.05) is 39.2 Å². The van der Waals surface area contributed by atoms with E-state index in [1.54, 1.807) is 12.0 Å². The van der Waals surface area contributed by atoms with Gasteiger partial charge in [0.15, 0.2) is 5.13 Å². The third-order valence-electron chi connectivity index (χ3n) is 4.56. The number of fused-ring (bicyclic) bond motifs is 2. The summed E-state index contributed by atoms with van der Waals surface area (Å²) in [5.41, 5.74) is 0.814. The molecule has 2 aromatic heterocycles. The molecule has 0 atom stereocenters. The van der Waals surface area contributed by atoms with Crippen LogP contribution in [0.25, 0.3) is 20.3 Å². The lowest BCUT2D eigenvalue weighted by Gasteiger charge is -2.21. The summed E-state index contributed by atoms with van der Waals surface area (Å²) in [7, 11) is 5.60. The van der Waals surface area contributed by atoms with Crippen LogP contribution < -0.4 is 9.64 Å². The molecule has 0 N–H and O–H groups in total. The first-order chi connectivity index (χ1) is 14.0. The second kappa shape index (κ2) is 8.28. The Kier molecular flexibility index (Phi) is 5.74. The van der Waals surface area contributed by atoms with Crippen molar-refractivity contribution in [3.63, 3.8) is 0 Å². The number of methoxy groups -OCH3 is 1. The van der Waals surface area contributed by atoms with Gasteiger partial charge in [0.1, 0.15) is 10.6 Å². The maximum absolute atomic E-state index is 13.5. The number of rotatable bonds is 6. The number of ether oxygens (including phenoxy) is 1. The molecule has 1 amide bonds. The summed E-state index contributed by atoms with van der Waals surface area (Å²) < 4.78 is 7.31. The van der Waals surface area contributed by atoms with Gasteiger partial charge in [-0.25, -0.2) is 4.98 Å². The first-order valence-electron chi connectivity index (χ1n) is 9.06. The molecule has 0 aliphatic carbocycles. The van der Waals surface area contributed by atoms with Crippen LogP contribution in [0.3, 0.4) is 0 Å². The van der Waals surface area contributed by atoms with Crippen molar-refractivity contribution in [2.45, 2.75) is 0 Å². The number of carbonyl (C=O) groups excluding carboxylic acids is 1. The van der Waals surface area contributed by atoms with E-state index < -0.39 is 0 Å². The van der Waals surface area contributed by atoms with Gasteiger partial charge in [0, 0.05) is 29.2 Å². The molecule has 0 unspecified atom stereocenters. The lowest BCUT2D eigenvalue weighted by atomic mass is 10.2. The Labute approximate surface area is 182 Å². The van der Waals surface area contributed by atoms with E-state index in [1.165, 1.54) is 22.7 Å². The molecular formula is C21H20ClN3O2S2. The van der Waals surface area contributed by atoms with Crippen molar-refractivity contribution in [2.24, 2.45) is 0 Å². The van der Waals surface area contributed by atoms with Gasteiger partial charge in [0.2, 0.25) is 0 Å². The van der Waals surface area contributed by atoms with Crippen LogP contribution in [0, 0.1) is 0 Å². The fraction of sp³-hybridized carbons (Fsp3) is 0.238. The number of thiazole rings is 1. The van der Waals surface area contributed by atoms with E-state index in [2.05, 4.69) is 0 Å². The SMILES string of the molecule is COc1ccc2sc(N(CCN(C)C)C(=O)c3sc4ccccc4c3Cl)nc2c1. The number of likely N-dealkylation sites (N-methyl/N-ethyl adjacent to an activating group) is 1. The molecule has 0 spiro atoms. The molecule has 150 valence electrons. The lowest BCUT2D eigenvalue weighted by Crippen LogP contribution is -2.36. The van der Waals surface area contributed by atoms with E-state index in [0.29, 0.717) is 28.1 Å². The predicted octanol–water partition coefficient (Wildman–Crippen LogP) is 5.38. The van der Waals surface area contributed by atoms with Crippen LogP contribution in [0.15, 0.2) is 42.5 Å². The number of benzene rings is 2. The molecular weight excluding hydrogens is 426 g/mol. The van der Waals surface area contributed by atoms with Gasteiger partial charge < -0.3 is 9.64 Å². The summed E-state index contributed by atoms with van der Waals surface area (Å²) >= 11 is 9.50. The molecule has 4 rings (SSSR count). The van der Waals surface area contributed by atoms with E-state index in [1.807, 2.05) is 61.5 Å². The van der Waals surface area contributed by atoms with Gasteiger partial charge in [-0.05, 0) is 32.3 Å². The summed E-state index contributed by atoms with van der Waals surface area (Å²) in [6.45, 7) is 1.24. The Hall–Kier alpha value is -2.19. The van der Waals surface area contributed by atoms with Gasteiger partial charge in [-0.2, -0.15) is 0 Å². The molecule has 4 aromatic rings. The number of carbonyl (C=O) groups is 1. The maximum atomic E-state index is 13.5. The Bertz CT molecular complexity index is 1190. The third kappa shape index (κ3) is 3.96. The van der Waals surface area contributed by atoms with Gasteiger partial charge in [-0.1, -0.05) is 41.1 Å². The molecule has 2 heterocycles. The van der Waals surface area contributed by atoms with Crippen LogP contribution in [-0.4, -0.2) is 50.1 Å². The van der Waals surface area contributed by atoms with Crippen LogP contribution in [0.5, 0.6) is 5.75 Å². The summed E-state index contributed by atoms with van der Waals surface area (Å²) in [4.78, 5) is 22.6. The fourth-order valence-corrected chi connectivity index (χ4v) is 5.43. The zero-order chi connectivity index (χ0) is 20.5. The molecule has 0 fully saturated rings. The smallest absolute Gasteiger partial charge is 0.271 e. The molecule has 0 aliphatic heterocycles. The van der Waals surface area contributed by atoms with Crippen molar-refractivity contribution in [3.05, 3.63) is 52.4 Å². The monoisotopic (exact) mass is 445 g/mol. The number of amides is 1. The van der Waals surface area contributed by atoms with Crippen molar-refractivity contribution in [3.8, 4) is 5.75 Å². The van der Waals surface area contributed by atoms with E-state index in [4.69, 9.17) is 21.3 Å². The van der Waals surface area contributed by atoms with Gasteiger partial charge in [-0.3, -0.25) is 9.69 Å². The number of hydrogen-bond acceptors (Lipinski definition) is 6. The van der Waals surface area contributed by atoms with Crippen molar-refractivity contribution >= 4 is 65.6 Å². The molecule has 29 heavy (non-hydrogen) atoms. The summed E-state index contributed by atoms with van der Waals surface area (Å²) in [6, 6.07) is 13.6. The zero-order valence-corrected chi connectivity index (χ0v) is 18.7. The molecule has 0 saturated heterocycles. The number of aromatic nitrogens is 1. The maximum Gasteiger partial charge on any atom is 0.271 e. The molecule has 5 nitrogen and oxygen atoms in total. The Morgan fingerprint density at radius 3 is 2.62 bits per heavy atom. The lowest BCUT2D eigenvalue weighted by molar-refractivity contribution is 0.0989. The number of halogens is 1.